The Morgan fingerprint density at radius 2 is 2.22 bits per heavy atom. The molecule has 0 spiro atoms. The van der Waals surface area contributed by atoms with E-state index in [2.05, 4.69) is 30.3 Å². The first-order chi connectivity index (χ1) is 8.56. The monoisotopic (exact) mass is 246 g/mol. The molecule has 98 valence electrons. The molecular formula is C15H22N2O. The Bertz CT molecular complexity index is 442. The van der Waals surface area contributed by atoms with Crippen molar-refractivity contribution in [2.45, 2.75) is 26.3 Å². The quantitative estimate of drug-likeness (QED) is 0.825. The molecule has 1 heterocycles. The summed E-state index contributed by atoms with van der Waals surface area (Å²) in [7, 11) is 2.11. The lowest BCUT2D eigenvalue weighted by molar-refractivity contribution is 0.0951. The van der Waals surface area contributed by atoms with Gasteiger partial charge in [0.1, 0.15) is 0 Å². The number of piperazine rings is 1. The fourth-order valence-corrected chi connectivity index (χ4v) is 2.59. The van der Waals surface area contributed by atoms with E-state index in [-0.39, 0.29) is 11.8 Å². The highest BCUT2D eigenvalue weighted by Crippen LogP contribution is 2.14. The van der Waals surface area contributed by atoms with Crippen LogP contribution in [0.25, 0.3) is 0 Å². The molecule has 18 heavy (non-hydrogen) atoms. The number of benzene rings is 1. The smallest absolute Gasteiger partial charge is 0.164 e. The number of rotatable bonds is 3. The van der Waals surface area contributed by atoms with Gasteiger partial charge in [-0.15, -0.1) is 0 Å². The summed E-state index contributed by atoms with van der Waals surface area (Å²) in [5, 5.41) is 3.42. The van der Waals surface area contributed by atoms with Gasteiger partial charge in [-0.05, 0) is 26.5 Å². The molecule has 1 saturated heterocycles. The van der Waals surface area contributed by atoms with E-state index in [1.165, 1.54) is 5.56 Å². The summed E-state index contributed by atoms with van der Waals surface area (Å²) in [5.41, 5.74) is 3.17. The molecule has 1 aliphatic heterocycles. The number of hydrogen-bond donors (Lipinski definition) is 1. The summed E-state index contributed by atoms with van der Waals surface area (Å²) >= 11 is 0. The SMILES string of the molecule is Cc1ccc(C(=O)CC2CN(C)CCN2)c(C)c1. The minimum absolute atomic E-state index is 0.250. The van der Waals surface area contributed by atoms with Gasteiger partial charge in [-0.1, -0.05) is 23.8 Å². The fraction of sp³-hybridized carbons (Fsp3) is 0.533. The Labute approximate surface area is 109 Å². The topological polar surface area (TPSA) is 32.3 Å². The molecule has 1 aromatic rings. The van der Waals surface area contributed by atoms with Gasteiger partial charge in [0.05, 0.1) is 0 Å². The molecule has 1 N–H and O–H groups in total. The molecule has 1 unspecified atom stereocenters. The van der Waals surface area contributed by atoms with Crippen LogP contribution in [0.3, 0.4) is 0 Å². The molecule has 0 bridgehead atoms. The van der Waals surface area contributed by atoms with Crippen molar-refractivity contribution < 1.29 is 4.79 Å². The van der Waals surface area contributed by atoms with Crippen molar-refractivity contribution in [3.05, 3.63) is 34.9 Å². The maximum atomic E-state index is 12.3. The molecule has 0 saturated carbocycles. The Hall–Kier alpha value is -1.19. The summed E-state index contributed by atoms with van der Waals surface area (Å²) < 4.78 is 0. The zero-order valence-corrected chi connectivity index (χ0v) is 11.5. The first-order valence-corrected chi connectivity index (χ1v) is 6.58. The van der Waals surface area contributed by atoms with Gasteiger partial charge in [0.2, 0.25) is 0 Å². The van der Waals surface area contributed by atoms with Crippen LogP contribution in [0.5, 0.6) is 0 Å². The molecule has 3 heteroatoms. The molecule has 2 rings (SSSR count). The number of hydrogen-bond acceptors (Lipinski definition) is 3. The molecule has 3 nitrogen and oxygen atoms in total. The van der Waals surface area contributed by atoms with Crippen LogP contribution in [0.1, 0.15) is 27.9 Å². The summed E-state index contributed by atoms with van der Waals surface area (Å²) in [4.78, 5) is 14.6. The Balaban J connectivity index is 2.03. The highest BCUT2D eigenvalue weighted by Gasteiger charge is 2.20. The fourth-order valence-electron chi connectivity index (χ4n) is 2.59. The van der Waals surface area contributed by atoms with Gasteiger partial charge in [0, 0.05) is 37.7 Å². The Morgan fingerprint density at radius 1 is 1.44 bits per heavy atom. The molecule has 0 aliphatic carbocycles. The van der Waals surface area contributed by atoms with Crippen LogP contribution in [0, 0.1) is 13.8 Å². The molecule has 0 amide bonds. The minimum Gasteiger partial charge on any atom is -0.311 e. The number of carbonyl (C=O) groups excluding carboxylic acids is 1. The number of ketones is 1. The van der Waals surface area contributed by atoms with Crippen molar-refractivity contribution in [1.82, 2.24) is 10.2 Å². The number of Topliss-reactive ketones (excluding diaryl/α,β-unsaturated/α-hetero) is 1. The summed E-state index contributed by atoms with van der Waals surface area (Å²) in [6.07, 6.45) is 0.592. The van der Waals surface area contributed by atoms with Gasteiger partial charge in [-0.25, -0.2) is 0 Å². The lowest BCUT2D eigenvalue weighted by Gasteiger charge is -2.30. The zero-order chi connectivity index (χ0) is 13.1. The van der Waals surface area contributed by atoms with E-state index in [1.807, 2.05) is 19.1 Å². The van der Waals surface area contributed by atoms with Gasteiger partial charge in [-0.3, -0.25) is 4.79 Å². The molecule has 1 fully saturated rings. The molecule has 1 aliphatic rings. The number of likely N-dealkylation sites (N-methyl/N-ethyl adjacent to an activating group) is 1. The van der Waals surface area contributed by atoms with E-state index in [9.17, 15) is 4.79 Å². The van der Waals surface area contributed by atoms with E-state index in [1.54, 1.807) is 0 Å². The lowest BCUT2D eigenvalue weighted by Crippen LogP contribution is -2.49. The predicted molar refractivity (Wildman–Crippen MR) is 74.2 cm³/mol. The van der Waals surface area contributed by atoms with Crippen molar-refractivity contribution in [1.29, 1.82) is 0 Å². The standard InChI is InChI=1S/C15H22N2O/c1-11-4-5-14(12(2)8-11)15(18)9-13-10-17(3)7-6-16-13/h4-5,8,13,16H,6-7,9-10H2,1-3H3. The van der Waals surface area contributed by atoms with E-state index in [0.29, 0.717) is 6.42 Å². The highest BCUT2D eigenvalue weighted by atomic mass is 16.1. The van der Waals surface area contributed by atoms with Gasteiger partial charge < -0.3 is 10.2 Å². The van der Waals surface area contributed by atoms with E-state index in [0.717, 1.165) is 30.8 Å². The average Bonchev–Trinajstić information content (AvgIpc) is 2.28. The molecule has 1 aromatic carbocycles. The number of nitrogens with one attached hydrogen (secondary N) is 1. The Kier molecular flexibility index (Phi) is 4.15. The summed E-state index contributed by atoms with van der Waals surface area (Å²) in [6.45, 7) is 7.06. The normalized spacial score (nSPS) is 20.9. The van der Waals surface area contributed by atoms with Crippen LogP contribution >= 0.6 is 0 Å². The first kappa shape index (κ1) is 13.2. The lowest BCUT2D eigenvalue weighted by atomic mass is 9.97. The summed E-state index contributed by atoms with van der Waals surface area (Å²) in [5.74, 6) is 0.250. The third kappa shape index (κ3) is 3.18. The van der Waals surface area contributed by atoms with Crippen LogP contribution in [0.4, 0.5) is 0 Å². The van der Waals surface area contributed by atoms with E-state index >= 15 is 0 Å². The number of carbonyl (C=O) groups is 1. The first-order valence-electron chi connectivity index (χ1n) is 6.58. The van der Waals surface area contributed by atoms with Crippen LogP contribution in [-0.4, -0.2) is 43.4 Å². The Morgan fingerprint density at radius 3 is 2.89 bits per heavy atom. The predicted octanol–water partition coefficient (Wildman–Crippen LogP) is 1.78. The van der Waals surface area contributed by atoms with Crippen LogP contribution < -0.4 is 5.32 Å². The van der Waals surface area contributed by atoms with Crippen molar-refractivity contribution in [3.63, 3.8) is 0 Å². The van der Waals surface area contributed by atoms with E-state index in [4.69, 9.17) is 0 Å². The van der Waals surface area contributed by atoms with Crippen LogP contribution in [-0.2, 0) is 0 Å². The average molecular weight is 246 g/mol. The zero-order valence-electron chi connectivity index (χ0n) is 11.5. The number of aryl methyl sites for hydroxylation is 2. The molecule has 0 aromatic heterocycles. The maximum absolute atomic E-state index is 12.3. The van der Waals surface area contributed by atoms with Gasteiger partial charge in [0.15, 0.2) is 5.78 Å². The van der Waals surface area contributed by atoms with Crippen molar-refractivity contribution in [2.24, 2.45) is 0 Å². The van der Waals surface area contributed by atoms with E-state index < -0.39 is 0 Å². The van der Waals surface area contributed by atoms with Gasteiger partial charge >= 0.3 is 0 Å². The second kappa shape index (κ2) is 5.63. The largest absolute Gasteiger partial charge is 0.311 e. The number of nitrogens with zero attached hydrogens (tertiary/aromatic N) is 1. The molecular weight excluding hydrogens is 224 g/mol. The van der Waals surface area contributed by atoms with Crippen molar-refractivity contribution in [3.8, 4) is 0 Å². The molecule has 0 radical (unpaired) electrons. The molecule has 1 atom stereocenters. The third-order valence-corrected chi connectivity index (χ3v) is 3.57. The van der Waals surface area contributed by atoms with Gasteiger partial charge in [0.25, 0.3) is 0 Å². The van der Waals surface area contributed by atoms with Crippen LogP contribution in [0.15, 0.2) is 18.2 Å². The minimum atomic E-state index is 0.250. The van der Waals surface area contributed by atoms with Gasteiger partial charge in [-0.2, -0.15) is 0 Å². The summed E-state index contributed by atoms with van der Waals surface area (Å²) in [6, 6.07) is 6.34. The second-order valence-electron chi connectivity index (χ2n) is 5.36. The van der Waals surface area contributed by atoms with Crippen molar-refractivity contribution >= 4 is 5.78 Å². The van der Waals surface area contributed by atoms with Crippen molar-refractivity contribution in [2.75, 3.05) is 26.7 Å². The second-order valence-corrected chi connectivity index (χ2v) is 5.36. The highest BCUT2D eigenvalue weighted by molar-refractivity contribution is 5.97. The maximum Gasteiger partial charge on any atom is 0.164 e. The van der Waals surface area contributed by atoms with Crippen LogP contribution in [0.2, 0.25) is 0 Å². The third-order valence-electron chi connectivity index (χ3n) is 3.57.